The van der Waals surface area contributed by atoms with E-state index >= 15 is 4.39 Å². The first-order valence-corrected chi connectivity index (χ1v) is 11.6. The molecule has 1 saturated heterocycles. The minimum Gasteiger partial charge on any atom is -0.380 e. The fraction of sp³-hybridized carbons (Fsp3) is 0.300. The van der Waals surface area contributed by atoms with Crippen LogP contribution in [-0.2, 0) is 22.0 Å². The third kappa shape index (κ3) is 4.38. The fourth-order valence-corrected chi connectivity index (χ4v) is 5.13. The molecule has 1 fully saturated rings. The highest BCUT2D eigenvalue weighted by Crippen LogP contribution is 2.36. The molecule has 0 spiro atoms. The van der Waals surface area contributed by atoms with E-state index in [2.05, 4.69) is 15.0 Å². The third-order valence-electron chi connectivity index (χ3n) is 5.39. The van der Waals surface area contributed by atoms with Crippen molar-refractivity contribution in [2.24, 2.45) is 7.05 Å². The van der Waals surface area contributed by atoms with E-state index in [0.29, 0.717) is 6.42 Å². The normalized spacial score (nSPS) is 16.9. The Morgan fingerprint density at radius 1 is 1.21 bits per heavy atom. The summed E-state index contributed by atoms with van der Waals surface area (Å²) in [5.74, 6) is -1.78. The molecule has 2 heterocycles. The van der Waals surface area contributed by atoms with Gasteiger partial charge in [0.05, 0.1) is 40.0 Å². The lowest BCUT2D eigenvalue weighted by Gasteiger charge is -2.19. The summed E-state index contributed by atoms with van der Waals surface area (Å²) in [6, 6.07) is 4.85. The van der Waals surface area contributed by atoms with Crippen molar-refractivity contribution >= 4 is 49.8 Å². The molecule has 1 aliphatic heterocycles. The number of benzene rings is 2. The highest BCUT2D eigenvalue weighted by Gasteiger charge is 2.32. The second kappa shape index (κ2) is 8.86. The minimum absolute atomic E-state index is 0.0970. The number of aryl methyl sites for hydroxylation is 1. The zero-order valence-corrected chi connectivity index (χ0v) is 19.2. The number of nitrogens with zero attached hydrogens (tertiary/aromatic N) is 3. The number of anilines is 3. The lowest BCUT2D eigenvalue weighted by molar-refractivity contribution is 0.115. The first-order chi connectivity index (χ1) is 15.6. The molecule has 176 valence electrons. The smallest absolute Gasteiger partial charge is 0.301 e. The molecule has 9 nitrogen and oxygen atoms in total. The van der Waals surface area contributed by atoms with Crippen molar-refractivity contribution < 1.29 is 21.9 Å². The maximum absolute atomic E-state index is 15.1. The van der Waals surface area contributed by atoms with Gasteiger partial charge in [0.1, 0.15) is 11.2 Å². The van der Waals surface area contributed by atoms with Gasteiger partial charge >= 0.3 is 10.2 Å². The molecule has 2 N–H and O–H groups in total. The molecule has 33 heavy (non-hydrogen) atoms. The number of hydrogen-bond acceptors (Lipinski definition) is 6. The largest absolute Gasteiger partial charge is 0.380 e. The number of rotatable bonds is 6. The minimum atomic E-state index is -3.99. The molecule has 1 atom stereocenters. The summed E-state index contributed by atoms with van der Waals surface area (Å²) in [7, 11) is -1.06. The predicted molar refractivity (Wildman–Crippen MR) is 121 cm³/mol. The van der Waals surface area contributed by atoms with Gasteiger partial charge in [-0.1, -0.05) is 11.6 Å². The number of aromatic nitrogens is 2. The monoisotopic (exact) mass is 499 g/mol. The number of ether oxygens (including phenoxy) is 1. The van der Waals surface area contributed by atoms with Crippen LogP contribution in [0.25, 0.3) is 10.9 Å². The van der Waals surface area contributed by atoms with Crippen molar-refractivity contribution in [3.63, 3.8) is 0 Å². The van der Waals surface area contributed by atoms with E-state index in [9.17, 15) is 17.6 Å². The molecule has 3 aromatic rings. The van der Waals surface area contributed by atoms with E-state index in [4.69, 9.17) is 16.3 Å². The molecule has 0 saturated carbocycles. The number of halogens is 3. The molecule has 0 amide bonds. The molecular weight excluding hydrogens is 480 g/mol. The van der Waals surface area contributed by atoms with Gasteiger partial charge in [-0.3, -0.25) is 9.52 Å². The second-order valence-corrected chi connectivity index (χ2v) is 9.55. The topological polar surface area (TPSA) is 106 Å². The molecule has 1 aliphatic rings. The van der Waals surface area contributed by atoms with Crippen molar-refractivity contribution in [3.8, 4) is 0 Å². The number of nitrogens with one attached hydrogen (secondary N) is 2. The van der Waals surface area contributed by atoms with Gasteiger partial charge in [-0.25, -0.2) is 13.8 Å². The van der Waals surface area contributed by atoms with Gasteiger partial charge in [-0.05, 0) is 30.7 Å². The molecular formula is C20H20ClF2N5O4S. The van der Waals surface area contributed by atoms with Gasteiger partial charge in [0.25, 0.3) is 5.56 Å². The zero-order valence-electron chi connectivity index (χ0n) is 17.6. The molecule has 1 aromatic heterocycles. The van der Waals surface area contributed by atoms with Gasteiger partial charge in [-0.15, -0.1) is 0 Å². The van der Waals surface area contributed by atoms with E-state index in [-0.39, 0.29) is 52.2 Å². The van der Waals surface area contributed by atoms with Crippen LogP contribution in [0.15, 0.2) is 35.4 Å². The highest BCUT2D eigenvalue weighted by atomic mass is 35.5. The summed E-state index contributed by atoms with van der Waals surface area (Å²) in [5, 5.41) is 1.95. The number of fused-ring (bicyclic) bond motifs is 1. The van der Waals surface area contributed by atoms with Gasteiger partial charge in [0, 0.05) is 27.2 Å². The second-order valence-electron chi connectivity index (χ2n) is 7.50. The first-order valence-electron chi connectivity index (χ1n) is 9.82. The van der Waals surface area contributed by atoms with E-state index in [0.717, 1.165) is 10.6 Å². The summed E-state index contributed by atoms with van der Waals surface area (Å²) in [4.78, 5) is 16.3. The van der Waals surface area contributed by atoms with Crippen LogP contribution in [-0.4, -0.2) is 48.6 Å². The lowest BCUT2D eigenvalue weighted by atomic mass is 10.2. The Kier molecular flexibility index (Phi) is 6.27. The Morgan fingerprint density at radius 3 is 2.64 bits per heavy atom. The Bertz CT molecular complexity index is 1400. The number of hydrogen-bond donors (Lipinski definition) is 2. The molecule has 0 bridgehead atoms. The zero-order chi connectivity index (χ0) is 23.9. The third-order valence-corrected chi connectivity index (χ3v) is 7.28. The van der Waals surface area contributed by atoms with Crippen LogP contribution in [0.3, 0.4) is 0 Å². The van der Waals surface area contributed by atoms with Crippen LogP contribution in [0.2, 0.25) is 5.02 Å². The summed E-state index contributed by atoms with van der Waals surface area (Å²) in [6.45, 7) is 0.421. The number of methoxy groups -OCH3 is 1. The summed E-state index contributed by atoms with van der Waals surface area (Å²) < 4.78 is 65.0. The summed E-state index contributed by atoms with van der Waals surface area (Å²) in [6.07, 6.45) is 1.58. The van der Waals surface area contributed by atoms with E-state index in [1.165, 1.54) is 43.0 Å². The van der Waals surface area contributed by atoms with Crippen LogP contribution >= 0.6 is 11.6 Å². The lowest BCUT2D eigenvalue weighted by Crippen LogP contribution is -2.35. The Hall–Kier alpha value is -2.80. The van der Waals surface area contributed by atoms with Crippen molar-refractivity contribution in [1.82, 2.24) is 13.9 Å². The van der Waals surface area contributed by atoms with Gasteiger partial charge < -0.3 is 14.6 Å². The van der Waals surface area contributed by atoms with E-state index in [1.54, 1.807) is 0 Å². The van der Waals surface area contributed by atoms with Crippen LogP contribution < -0.4 is 15.6 Å². The van der Waals surface area contributed by atoms with Crippen LogP contribution in [0, 0.1) is 11.6 Å². The molecule has 0 radical (unpaired) electrons. The van der Waals surface area contributed by atoms with Crippen molar-refractivity contribution in [2.45, 2.75) is 12.5 Å². The van der Waals surface area contributed by atoms with Crippen LogP contribution in [0.5, 0.6) is 0 Å². The summed E-state index contributed by atoms with van der Waals surface area (Å²) >= 11 is 6.29. The molecule has 4 rings (SSSR count). The fourth-order valence-electron chi connectivity index (χ4n) is 3.54. The average Bonchev–Trinajstić information content (AvgIpc) is 3.27. The molecule has 13 heteroatoms. The quantitative estimate of drug-likeness (QED) is 0.540. The van der Waals surface area contributed by atoms with Crippen LogP contribution in [0.4, 0.5) is 25.8 Å². The average molecular weight is 500 g/mol. The Morgan fingerprint density at radius 2 is 1.94 bits per heavy atom. The molecule has 2 aromatic carbocycles. The van der Waals surface area contributed by atoms with Gasteiger partial charge in [0.15, 0.2) is 5.82 Å². The first kappa shape index (κ1) is 23.4. The highest BCUT2D eigenvalue weighted by molar-refractivity contribution is 7.90. The standard InChI is InChI=1S/C20H20ClF2N5O4S/c1-27-10-24-13-5-6-15(18(23)16(13)20(27)29)25-19-12(22)3-4-14(17(19)21)26-33(30,31)28-8-7-11(9-28)32-2/h3-6,10-11,25-26H,7-9H2,1-2H3. The van der Waals surface area contributed by atoms with Crippen molar-refractivity contribution in [1.29, 1.82) is 0 Å². The van der Waals surface area contributed by atoms with Crippen LogP contribution in [0.1, 0.15) is 6.42 Å². The SMILES string of the molecule is COC1CCN(S(=O)(=O)Nc2ccc(F)c(Nc3ccc4ncn(C)c(=O)c4c3F)c2Cl)C1. The maximum Gasteiger partial charge on any atom is 0.301 e. The van der Waals surface area contributed by atoms with E-state index < -0.39 is 27.4 Å². The van der Waals surface area contributed by atoms with E-state index in [1.807, 2.05) is 0 Å². The summed E-state index contributed by atoms with van der Waals surface area (Å²) in [5.41, 5.74) is -1.16. The predicted octanol–water partition coefficient (Wildman–Crippen LogP) is 2.99. The van der Waals surface area contributed by atoms with Gasteiger partial charge in [0.2, 0.25) is 0 Å². The molecule has 1 unspecified atom stereocenters. The van der Waals surface area contributed by atoms with Crippen molar-refractivity contribution in [2.75, 3.05) is 30.2 Å². The Labute approximate surface area is 193 Å². The molecule has 0 aliphatic carbocycles. The van der Waals surface area contributed by atoms with Gasteiger partial charge in [-0.2, -0.15) is 12.7 Å². The van der Waals surface area contributed by atoms with Crippen molar-refractivity contribution in [3.05, 3.63) is 57.6 Å². The maximum atomic E-state index is 15.1. The Balaban J connectivity index is 1.68.